The first-order valence-corrected chi connectivity index (χ1v) is 11.8. The number of nitrogens with zero attached hydrogens (tertiary/aromatic N) is 2. The molecule has 1 aliphatic rings. The van der Waals surface area contributed by atoms with Crippen LogP contribution in [0.3, 0.4) is 0 Å². The van der Waals surface area contributed by atoms with Gasteiger partial charge in [-0.3, -0.25) is 29.9 Å². The van der Waals surface area contributed by atoms with Gasteiger partial charge in [0.25, 0.3) is 17.5 Å². The number of anilines is 1. The summed E-state index contributed by atoms with van der Waals surface area (Å²) in [5.41, 5.74) is 1.23. The van der Waals surface area contributed by atoms with Crippen molar-refractivity contribution in [2.45, 2.75) is 6.61 Å². The van der Waals surface area contributed by atoms with Crippen molar-refractivity contribution in [3.63, 3.8) is 0 Å². The van der Waals surface area contributed by atoms with Crippen LogP contribution in [0, 0.1) is 15.9 Å². The second-order valence-electron chi connectivity index (χ2n) is 7.67. The summed E-state index contributed by atoms with van der Waals surface area (Å²) in [5, 5.41) is 13.2. The van der Waals surface area contributed by atoms with Gasteiger partial charge in [0.2, 0.25) is 0 Å². The smallest absolute Gasteiger partial charge is 0.270 e. The van der Waals surface area contributed by atoms with E-state index in [4.69, 9.17) is 21.7 Å². The highest BCUT2D eigenvalue weighted by Gasteiger charge is 2.34. The van der Waals surface area contributed by atoms with Crippen LogP contribution in [0.15, 0.2) is 70.7 Å². The number of carbonyl (C=O) groups excluding carboxylic acids is 2. The molecule has 188 valence electrons. The number of thiocarbonyl (C=S) groups is 1. The third-order valence-corrected chi connectivity index (χ3v) is 6.28. The number of hydrogen-bond acceptors (Lipinski definition) is 7. The minimum atomic E-state index is -0.683. The molecule has 4 rings (SSSR count). The fourth-order valence-electron chi connectivity index (χ4n) is 3.45. The Morgan fingerprint density at radius 3 is 2.41 bits per heavy atom. The number of nitro groups is 1. The zero-order valence-electron chi connectivity index (χ0n) is 19.1. The monoisotopic (exact) mass is 585 g/mol. The Morgan fingerprint density at radius 2 is 1.78 bits per heavy atom. The zero-order valence-corrected chi connectivity index (χ0v) is 21.5. The van der Waals surface area contributed by atoms with Crippen molar-refractivity contribution in [3.05, 3.63) is 97.8 Å². The van der Waals surface area contributed by atoms with Crippen LogP contribution in [0.2, 0.25) is 0 Å². The molecule has 0 aliphatic carbocycles. The Hall–Kier alpha value is -4.16. The Morgan fingerprint density at radius 1 is 1.11 bits per heavy atom. The number of halogens is 2. The van der Waals surface area contributed by atoms with E-state index in [9.17, 15) is 24.1 Å². The number of non-ortho nitro benzene ring substituents is 1. The molecule has 2 amide bonds. The number of amides is 2. The molecular weight excluding hydrogens is 569 g/mol. The molecule has 0 spiro atoms. The van der Waals surface area contributed by atoms with Crippen molar-refractivity contribution in [2.75, 3.05) is 12.0 Å². The third-order valence-electron chi connectivity index (χ3n) is 5.31. The lowest BCUT2D eigenvalue weighted by atomic mass is 10.1. The van der Waals surface area contributed by atoms with Crippen LogP contribution in [0.5, 0.6) is 11.5 Å². The quantitative estimate of drug-likeness (QED) is 0.138. The van der Waals surface area contributed by atoms with Gasteiger partial charge in [0.1, 0.15) is 18.0 Å². The van der Waals surface area contributed by atoms with Crippen molar-refractivity contribution in [1.29, 1.82) is 0 Å². The number of nitro benzene ring substituents is 1. The van der Waals surface area contributed by atoms with E-state index in [1.165, 1.54) is 49.6 Å². The minimum Gasteiger partial charge on any atom is -0.493 e. The lowest BCUT2D eigenvalue weighted by Crippen LogP contribution is -2.54. The minimum absolute atomic E-state index is 0.0264. The first kappa shape index (κ1) is 25.9. The van der Waals surface area contributed by atoms with Crippen molar-refractivity contribution in [1.82, 2.24) is 5.32 Å². The fourth-order valence-corrected chi connectivity index (χ4v) is 4.16. The molecule has 9 nitrogen and oxygen atoms in total. The van der Waals surface area contributed by atoms with Crippen LogP contribution in [-0.2, 0) is 16.2 Å². The van der Waals surface area contributed by atoms with Crippen LogP contribution in [-0.4, -0.2) is 29.0 Å². The molecule has 0 atom stereocenters. The summed E-state index contributed by atoms with van der Waals surface area (Å²) in [5.74, 6) is -1.15. The summed E-state index contributed by atoms with van der Waals surface area (Å²) in [7, 11) is 1.44. The van der Waals surface area contributed by atoms with Gasteiger partial charge < -0.3 is 9.47 Å². The average molecular weight is 586 g/mol. The maximum absolute atomic E-state index is 13.3. The van der Waals surface area contributed by atoms with Crippen LogP contribution in [0.1, 0.15) is 11.1 Å². The normalized spacial score (nSPS) is 14.5. The van der Waals surface area contributed by atoms with E-state index >= 15 is 0 Å². The molecule has 12 heteroatoms. The molecule has 0 radical (unpaired) electrons. The number of ether oxygens (including phenoxy) is 2. The van der Waals surface area contributed by atoms with E-state index in [2.05, 4.69) is 21.2 Å². The lowest BCUT2D eigenvalue weighted by molar-refractivity contribution is -0.384. The number of carbonyl (C=O) groups is 2. The summed E-state index contributed by atoms with van der Waals surface area (Å²) in [4.78, 5) is 37.3. The van der Waals surface area contributed by atoms with Crippen LogP contribution in [0.4, 0.5) is 15.8 Å². The van der Waals surface area contributed by atoms with Gasteiger partial charge in [-0.05, 0) is 78.0 Å². The highest BCUT2D eigenvalue weighted by Crippen LogP contribution is 2.36. The van der Waals surface area contributed by atoms with Gasteiger partial charge in [-0.15, -0.1) is 0 Å². The Kier molecular flexibility index (Phi) is 7.60. The zero-order chi connectivity index (χ0) is 26.7. The van der Waals surface area contributed by atoms with Crippen molar-refractivity contribution in [2.24, 2.45) is 0 Å². The van der Waals surface area contributed by atoms with Crippen molar-refractivity contribution in [3.8, 4) is 11.5 Å². The fraction of sp³-hybridized carbons (Fsp3) is 0.0800. The number of methoxy groups -OCH3 is 1. The topological polar surface area (TPSA) is 111 Å². The van der Waals surface area contributed by atoms with Crippen molar-refractivity contribution < 1.29 is 28.4 Å². The van der Waals surface area contributed by atoms with Gasteiger partial charge in [0.15, 0.2) is 16.6 Å². The molecule has 1 N–H and O–H groups in total. The van der Waals surface area contributed by atoms with Gasteiger partial charge in [-0.2, -0.15) is 0 Å². The second-order valence-corrected chi connectivity index (χ2v) is 8.91. The van der Waals surface area contributed by atoms with Gasteiger partial charge in [0.05, 0.1) is 17.7 Å². The Balaban J connectivity index is 1.60. The van der Waals surface area contributed by atoms with Crippen LogP contribution in [0.25, 0.3) is 6.08 Å². The first-order chi connectivity index (χ1) is 17.7. The van der Waals surface area contributed by atoms with Gasteiger partial charge in [0, 0.05) is 16.6 Å². The molecule has 3 aromatic carbocycles. The van der Waals surface area contributed by atoms with Gasteiger partial charge >= 0.3 is 0 Å². The van der Waals surface area contributed by atoms with E-state index in [1.807, 2.05) is 0 Å². The Labute approximate surface area is 223 Å². The summed E-state index contributed by atoms with van der Waals surface area (Å²) in [6.07, 6.45) is 1.38. The van der Waals surface area contributed by atoms with E-state index < -0.39 is 22.6 Å². The largest absolute Gasteiger partial charge is 0.493 e. The van der Waals surface area contributed by atoms with Gasteiger partial charge in [-0.25, -0.2) is 4.39 Å². The molecule has 1 heterocycles. The van der Waals surface area contributed by atoms with Crippen molar-refractivity contribution >= 4 is 62.5 Å². The molecule has 1 aliphatic heterocycles. The summed E-state index contributed by atoms with van der Waals surface area (Å²) >= 11 is 8.59. The second kappa shape index (κ2) is 10.8. The molecule has 0 aromatic heterocycles. The predicted octanol–water partition coefficient (Wildman–Crippen LogP) is 4.92. The summed E-state index contributed by atoms with van der Waals surface area (Å²) < 4.78 is 25.1. The number of nitrogens with one attached hydrogen (secondary N) is 1. The summed E-state index contributed by atoms with van der Waals surface area (Å²) in [6.45, 7) is 0.117. The molecule has 1 saturated heterocycles. The SMILES string of the molecule is COc1cc(/C=C2/C(=O)NC(=S)N(c3ccc(F)cc3)C2=O)c(Br)cc1OCc1ccc([N+](=O)[O-])cc1. The van der Waals surface area contributed by atoms with E-state index in [0.717, 1.165) is 4.90 Å². The van der Waals surface area contributed by atoms with Crippen LogP contribution >= 0.6 is 28.1 Å². The number of rotatable bonds is 7. The summed E-state index contributed by atoms with van der Waals surface area (Å²) in [6, 6.07) is 14.3. The number of benzene rings is 3. The molecular formula is C25H17BrFN3O6S. The standard InChI is InChI=1S/C25H17BrFN3O6S/c1-35-21-11-15(20(26)12-22(21)36-13-14-2-6-18(7-3-14)30(33)34)10-19-23(31)28-25(37)29(24(19)32)17-8-4-16(27)5-9-17/h2-12H,13H2,1H3,(H,28,31,37)/b19-10-. The predicted molar refractivity (Wildman–Crippen MR) is 141 cm³/mol. The highest BCUT2D eigenvalue weighted by atomic mass is 79.9. The lowest BCUT2D eigenvalue weighted by Gasteiger charge is -2.29. The maximum atomic E-state index is 13.3. The van der Waals surface area contributed by atoms with Gasteiger partial charge in [-0.1, -0.05) is 15.9 Å². The molecule has 3 aromatic rings. The number of hydrogen-bond donors (Lipinski definition) is 1. The maximum Gasteiger partial charge on any atom is 0.270 e. The highest BCUT2D eigenvalue weighted by molar-refractivity contribution is 9.10. The molecule has 0 unspecified atom stereocenters. The van der Waals surface area contributed by atoms with E-state index in [-0.39, 0.29) is 23.0 Å². The molecule has 37 heavy (non-hydrogen) atoms. The third kappa shape index (κ3) is 5.65. The molecule has 0 saturated carbocycles. The van der Waals surface area contributed by atoms with E-state index in [0.29, 0.717) is 32.8 Å². The Bertz CT molecular complexity index is 1440. The molecule has 1 fully saturated rings. The molecule has 0 bridgehead atoms. The van der Waals surface area contributed by atoms with E-state index in [1.54, 1.807) is 24.3 Å². The van der Waals surface area contributed by atoms with Crippen LogP contribution < -0.4 is 19.7 Å². The first-order valence-electron chi connectivity index (χ1n) is 10.6. The average Bonchev–Trinajstić information content (AvgIpc) is 2.87.